The average molecular weight is 556 g/mol. The number of methoxy groups -OCH3 is 1. The van der Waals surface area contributed by atoms with E-state index in [1.807, 2.05) is 44.2 Å². The highest BCUT2D eigenvalue weighted by Gasteiger charge is 2.49. The smallest absolute Gasteiger partial charge is 0.416 e. The second kappa shape index (κ2) is 13.1. The molecule has 0 unspecified atom stereocenters. The molecule has 1 aliphatic heterocycles. The third-order valence-electron chi connectivity index (χ3n) is 6.90. The second-order valence-electron chi connectivity index (χ2n) is 10.3. The summed E-state index contributed by atoms with van der Waals surface area (Å²) in [5.41, 5.74) is 12.9. The molecule has 0 aromatic heterocycles. The summed E-state index contributed by atoms with van der Waals surface area (Å²) in [7, 11) is 1.22. The first-order valence-corrected chi connectivity index (χ1v) is 13.5. The van der Waals surface area contributed by atoms with Crippen LogP contribution in [-0.2, 0) is 26.3 Å². The molecule has 10 heteroatoms. The second-order valence-corrected chi connectivity index (χ2v) is 10.7. The van der Waals surface area contributed by atoms with E-state index >= 15 is 0 Å². The third-order valence-corrected chi connectivity index (χ3v) is 7.27. The number of rotatable bonds is 11. The minimum Gasteiger partial charge on any atom is -0.452 e. The maximum atomic E-state index is 13.7. The molecule has 1 heterocycles. The Morgan fingerprint density at radius 2 is 1.74 bits per heavy atom. The summed E-state index contributed by atoms with van der Waals surface area (Å²) in [6.45, 7) is 6.12. The standard InChI is InChI=1S/C29H38ClN5O4/c1-19(2)18-29(22-13-6-5-7-14-22)26(37)34(27(32)33-29)16-10-11-20(3)35(28(38)39-4)25(36)24(31)17-21-12-8-9-15-23(21)30/h5-9,12-15,19-20,24H,10-11,16-18,31H2,1-4H3,(H2,32,33)/t20-,24-,29+/m0/s1. The van der Waals surface area contributed by atoms with Crippen molar-refractivity contribution in [3.05, 3.63) is 70.7 Å². The Morgan fingerprint density at radius 3 is 2.36 bits per heavy atom. The van der Waals surface area contributed by atoms with Crippen LogP contribution in [-0.4, -0.2) is 59.4 Å². The van der Waals surface area contributed by atoms with Gasteiger partial charge in [0.05, 0.1) is 13.2 Å². The molecule has 0 saturated heterocycles. The highest BCUT2D eigenvalue weighted by Crippen LogP contribution is 2.38. The van der Waals surface area contributed by atoms with Gasteiger partial charge in [0.15, 0.2) is 11.5 Å². The zero-order valence-electron chi connectivity index (χ0n) is 23.0. The summed E-state index contributed by atoms with van der Waals surface area (Å²) in [6.07, 6.45) is 0.776. The van der Waals surface area contributed by atoms with Crippen LogP contribution in [0.4, 0.5) is 4.79 Å². The van der Waals surface area contributed by atoms with Gasteiger partial charge in [-0.05, 0) is 55.7 Å². The first kappa shape index (κ1) is 30.1. The first-order valence-electron chi connectivity index (χ1n) is 13.1. The Hall–Kier alpha value is -3.43. The van der Waals surface area contributed by atoms with Gasteiger partial charge in [0.2, 0.25) is 5.91 Å². The first-order chi connectivity index (χ1) is 18.5. The molecule has 0 aliphatic carbocycles. The molecule has 0 radical (unpaired) electrons. The number of nitrogens with zero attached hydrogens (tertiary/aromatic N) is 3. The van der Waals surface area contributed by atoms with Gasteiger partial charge in [0, 0.05) is 17.6 Å². The van der Waals surface area contributed by atoms with Crippen molar-refractivity contribution in [2.24, 2.45) is 22.4 Å². The fourth-order valence-electron chi connectivity index (χ4n) is 5.02. The predicted molar refractivity (Wildman–Crippen MR) is 152 cm³/mol. The van der Waals surface area contributed by atoms with Crippen LogP contribution in [0, 0.1) is 5.92 Å². The molecule has 0 saturated carbocycles. The molecule has 210 valence electrons. The van der Waals surface area contributed by atoms with Gasteiger partial charge in [-0.25, -0.2) is 14.7 Å². The molecule has 4 N–H and O–H groups in total. The number of nitrogens with two attached hydrogens (primary N) is 2. The summed E-state index contributed by atoms with van der Waals surface area (Å²) < 4.78 is 4.89. The van der Waals surface area contributed by atoms with E-state index in [0.717, 1.165) is 10.5 Å². The Balaban J connectivity index is 1.69. The molecule has 39 heavy (non-hydrogen) atoms. The Kier molecular flexibility index (Phi) is 10.1. The SMILES string of the molecule is COC(=O)N(C(=O)[C@@H](N)Cc1ccccc1Cl)[C@@H](C)CCCN1C(=O)[C@@](CC(C)C)(c2ccccc2)N=C1N. The van der Waals surface area contributed by atoms with Crippen molar-refractivity contribution in [1.29, 1.82) is 0 Å². The van der Waals surface area contributed by atoms with E-state index in [9.17, 15) is 14.4 Å². The molecule has 9 nitrogen and oxygen atoms in total. The number of guanidine groups is 1. The number of carbonyl (C=O) groups excluding carboxylic acids is 3. The molecule has 2 aromatic rings. The lowest BCUT2D eigenvalue weighted by atomic mass is 9.82. The van der Waals surface area contributed by atoms with E-state index in [1.165, 1.54) is 12.0 Å². The Labute approximate surface area is 235 Å². The van der Waals surface area contributed by atoms with Gasteiger partial charge >= 0.3 is 6.09 Å². The van der Waals surface area contributed by atoms with Crippen molar-refractivity contribution >= 4 is 35.5 Å². The minimum absolute atomic E-state index is 0.166. The van der Waals surface area contributed by atoms with E-state index < -0.39 is 29.6 Å². The number of hydrogen-bond donors (Lipinski definition) is 2. The highest BCUT2D eigenvalue weighted by molar-refractivity contribution is 6.31. The van der Waals surface area contributed by atoms with E-state index in [4.69, 9.17) is 27.8 Å². The number of hydrogen-bond acceptors (Lipinski definition) is 7. The number of amides is 3. The van der Waals surface area contributed by atoms with E-state index in [2.05, 4.69) is 4.99 Å². The largest absolute Gasteiger partial charge is 0.452 e. The number of ether oxygens (including phenoxy) is 1. The van der Waals surface area contributed by atoms with E-state index in [-0.39, 0.29) is 24.2 Å². The van der Waals surface area contributed by atoms with Crippen LogP contribution in [0.1, 0.15) is 51.2 Å². The summed E-state index contributed by atoms with van der Waals surface area (Å²) in [4.78, 5) is 46.7. The molecular formula is C29H38ClN5O4. The topological polar surface area (TPSA) is 131 Å². The monoisotopic (exact) mass is 555 g/mol. The van der Waals surface area contributed by atoms with Crippen LogP contribution in [0.3, 0.4) is 0 Å². The van der Waals surface area contributed by atoms with Crippen LogP contribution < -0.4 is 11.5 Å². The maximum absolute atomic E-state index is 13.7. The molecule has 1 aliphatic rings. The van der Waals surface area contributed by atoms with Crippen molar-refractivity contribution < 1.29 is 19.1 Å². The van der Waals surface area contributed by atoms with Crippen LogP contribution in [0.2, 0.25) is 5.02 Å². The van der Waals surface area contributed by atoms with Crippen LogP contribution in [0.15, 0.2) is 59.6 Å². The van der Waals surface area contributed by atoms with E-state index in [1.54, 1.807) is 31.2 Å². The summed E-state index contributed by atoms with van der Waals surface area (Å²) >= 11 is 6.22. The summed E-state index contributed by atoms with van der Waals surface area (Å²) in [5.74, 6) is -0.358. The number of imide groups is 1. The van der Waals surface area contributed by atoms with Gasteiger partial charge in [-0.1, -0.05) is 74.0 Å². The molecule has 0 bridgehead atoms. The molecule has 3 amide bonds. The summed E-state index contributed by atoms with van der Waals surface area (Å²) in [6, 6.07) is 15.0. The van der Waals surface area contributed by atoms with Crippen LogP contribution in [0.25, 0.3) is 0 Å². The molecule has 3 atom stereocenters. The number of halogens is 1. The highest BCUT2D eigenvalue weighted by atomic mass is 35.5. The number of benzene rings is 2. The normalized spacial score (nSPS) is 18.6. The minimum atomic E-state index is -1.06. The zero-order valence-corrected chi connectivity index (χ0v) is 23.7. The third kappa shape index (κ3) is 6.78. The van der Waals surface area contributed by atoms with Gasteiger partial charge in [-0.15, -0.1) is 0 Å². The fourth-order valence-corrected chi connectivity index (χ4v) is 5.23. The molecule has 0 spiro atoms. The van der Waals surface area contributed by atoms with Crippen molar-refractivity contribution in [2.75, 3.05) is 13.7 Å². The lowest BCUT2D eigenvalue weighted by Gasteiger charge is -2.30. The van der Waals surface area contributed by atoms with Crippen LogP contribution in [0.5, 0.6) is 0 Å². The Morgan fingerprint density at radius 1 is 1.10 bits per heavy atom. The van der Waals surface area contributed by atoms with Crippen molar-refractivity contribution in [2.45, 2.75) is 64.1 Å². The van der Waals surface area contributed by atoms with Crippen molar-refractivity contribution in [3.8, 4) is 0 Å². The van der Waals surface area contributed by atoms with Crippen molar-refractivity contribution in [3.63, 3.8) is 0 Å². The van der Waals surface area contributed by atoms with Crippen molar-refractivity contribution in [1.82, 2.24) is 9.80 Å². The van der Waals surface area contributed by atoms with Gasteiger partial charge in [-0.3, -0.25) is 14.5 Å². The lowest BCUT2D eigenvalue weighted by Crippen LogP contribution is -2.51. The predicted octanol–water partition coefficient (Wildman–Crippen LogP) is 4.07. The molecule has 3 rings (SSSR count). The van der Waals surface area contributed by atoms with Crippen LogP contribution >= 0.6 is 11.6 Å². The molecule has 2 aromatic carbocycles. The number of aliphatic imine (C=N–C) groups is 1. The quantitative estimate of drug-likeness (QED) is 0.429. The lowest BCUT2D eigenvalue weighted by molar-refractivity contribution is -0.133. The van der Waals surface area contributed by atoms with Gasteiger partial charge < -0.3 is 16.2 Å². The number of carbonyl (C=O) groups is 3. The van der Waals surface area contributed by atoms with Gasteiger partial charge in [0.25, 0.3) is 5.91 Å². The average Bonchev–Trinajstić information content (AvgIpc) is 3.14. The molecule has 0 fully saturated rings. The van der Waals surface area contributed by atoms with Gasteiger partial charge in [0.1, 0.15) is 0 Å². The van der Waals surface area contributed by atoms with E-state index in [0.29, 0.717) is 36.4 Å². The fraction of sp³-hybridized carbons (Fsp3) is 0.448. The maximum Gasteiger partial charge on any atom is 0.416 e. The summed E-state index contributed by atoms with van der Waals surface area (Å²) in [5, 5.41) is 0.497. The zero-order chi connectivity index (χ0) is 28.7. The Bertz CT molecular complexity index is 1210. The van der Waals surface area contributed by atoms with Gasteiger partial charge in [-0.2, -0.15) is 0 Å². The molecular weight excluding hydrogens is 518 g/mol.